The average molecular weight is 364 g/mol. The van der Waals surface area contributed by atoms with Gasteiger partial charge < -0.3 is 0 Å². The summed E-state index contributed by atoms with van der Waals surface area (Å²) in [7, 11) is 0. The first-order chi connectivity index (χ1) is 8.24. The molecule has 104 valence electrons. The van der Waals surface area contributed by atoms with Gasteiger partial charge in [0.2, 0.25) is 0 Å². The van der Waals surface area contributed by atoms with Crippen LogP contribution in [0.3, 0.4) is 0 Å². The van der Waals surface area contributed by atoms with Gasteiger partial charge in [-0.05, 0) is 0 Å². The second-order valence-electron chi connectivity index (χ2n) is 3.22. The third-order valence-electron chi connectivity index (χ3n) is 1.80. The summed E-state index contributed by atoms with van der Waals surface area (Å²) in [6.07, 6.45) is 1.75. The number of thiol groups is 2. The first-order valence-corrected chi connectivity index (χ1v) is 11.3. The zero-order valence-corrected chi connectivity index (χ0v) is 14.9. The first-order valence-electron chi connectivity index (χ1n) is 6.02. The molecule has 0 aliphatic heterocycles. The molecule has 0 N–H and O–H groups in total. The van der Waals surface area contributed by atoms with Crippen molar-refractivity contribution in [1.29, 1.82) is 0 Å². The Balaban J connectivity index is 4.25. The van der Waals surface area contributed by atoms with Gasteiger partial charge in [0, 0.05) is 0 Å². The molecule has 0 saturated heterocycles. The van der Waals surface area contributed by atoms with Crippen LogP contribution >= 0.6 is 25.3 Å². The molecule has 0 unspecified atom stereocenters. The Kier molecular flexibility index (Phi) is 13.5. The van der Waals surface area contributed by atoms with E-state index in [9.17, 15) is 0 Å². The van der Waals surface area contributed by atoms with E-state index in [1.165, 1.54) is 0 Å². The van der Waals surface area contributed by atoms with E-state index in [2.05, 4.69) is 25.3 Å². The monoisotopic (exact) mass is 362 g/mol. The van der Waals surface area contributed by atoms with E-state index in [0.717, 1.165) is 24.3 Å². The molecule has 0 bridgehead atoms. The van der Waals surface area contributed by atoms with Crippen LogP contribution in [0.15, 0.2) is 0 Å². The summed E-state index contributed by atoms with van der Waals surface area (Å²) in [5.41, 5.74) is 0. The third kappa shape index (κ3) is 9.03. The van der Waals surface area contributed by atoms with Crippen LogP contribution < -0.4 is 0 Å². The van der Waals surface area contributed by atoms with Crippen molar-refractivity contribution in [2.45, 2.75) is 26.7 Å². The molecule has 0 spiro atoms. The van der Waals surface area contributed by atoms with Crippen molar-refractivity contribution >= 4 is 25.3 Å². The van der Waals surface area contributed by atoms with Crippen LogP contribution in [-0.4, -0.2) is 37.9 Å². The van der Waals surface area contributed by atoms with Crippen LogP contribution in [0.2, 0.25) is 0 Å². The molecule has 0 atom stereocenters. The SMILES string of the molecule is CC[O][Zr]([O]CC)([O]CCCS)[O]CCCS. The van der Waals surface area contributed by atoms with Crippen molar-refractivity contribution in [2.24, 2.45) is 0 Å². The fourth-order valence-electron chi connectivity index (χ4n) is 1.13. The summed E-state index contributed by atoms with van der Waals surface area (Å²) in [5.74, 6) is 1.58. The maximum absolute atomic E-state index is 5.77. The van der Waals surface area contributed by atoms with Crippen LogP contribution in [-0.2, 0) is 33.3 Å². The Hall–Kier alpha value is 1.42. The molecule has 4 nitrogen and oxygen atoms in total. The fourth-order valence-corrected chi connectivity index (χ4v) is 6.29. The fraction of sp³-hybridized carbons (Fsp3) is 1.00. The second-order valence-corrected chi connectivity index (χ2v) is 9.41. The molecular weight excluding hydrogens is 339 g/mol. The van der Waals surface area contributed by atoms with Crippen molar-refractivity contribution in [1.82, 2.24) is 0 Å². The minimum atomic E-state index is -3.74. The molecule has 0 aromatic heterocycles. The molecule has 17 heavy (non-hydrogen) atoms. The predicted molar refractivity (Wildman–Crippen MR) is 72.1 cm³/mol. The van der Waals surface area contributed by atoms with Gasteiger partial charge in [-0.3, -0.25) is 0 Å². The van der Waals surface area contributed by atoms with Gasteiger partial charge in [0.25, 0.3) is 0 Å². The molecule has 0 rings (SSSR count). The van der Waals surface area contributed by atoms with Crippen LogP contribution in [0.5, 0.6) is 0 Å². The van der Waals surface area contributed by atoms with Crippen LogP contribution in [0.4, 0.5) is 0 Å². The van der Waals surface area contributed by atoms with E-state index in [-0.39, 0.29) is 0 Å². The average Bonchev–Trinajstić information content (AvgIpc) is 2.30. The predicted octanol–water partition coefficient (Wildman–Crippen LogP) is 2.55. The number of hydrogen-bond donors (Lipinski definition) is 2. The van der Waals surface area contributed by atoms with Gasteiger partial charge in [-0.25, -0.2) is 0 Å². The summed E-state index contributed by atoms with van der Waals surface area (Å²) in [4.78, 5) is 0. The molecular formula is C10H24O4S2Zr. The van der Waals surface area contributed by atoms with Crippen molar-refractivity contribution in [3.63, 3.8) is 0 Å². The zero-order valence-electron chi connectivity index (χ0n) is 10.7. The second kappa shape index (κ2) is 12.5. The molecule has 0 saturated carbocycles. The van der Waals surface area contributed by atoms with Gasteiger partial charge in [-0.15, -0.1) is 0 Å². The van der Waals surface area contributed by atoms with E-state index >= 15 is 0 Å². The molecule has 0 aliphatic rings. The van der Waals surface area contributed by atoms with E-state index < -0.39 is 22.0 Å². The molecule has 0 aliphatic carbocycles. The minimum absolute atomic E-state index is 0.553. The molecule has 7 heteroatoms. The molecule has 0 heterocycles. The summed E-state index contributed by atoms with van der Waals surface area (Å²) in [6.45, 7) is 6.12. The standard InChI is InChI=1S/2C3H7OS.2C2H5O.Zr/c2*4-2-1-3-5;2*1-2-3;/h2*5H,1-3H2;2*2H2,1H3;/q4*-1;+4. The summed E-state index contributed by atoms with van der Waals surface area (Å²) in [5, 5.41) is 0. The summed E-state index contributed by atoms with van der Waals surface area (Å²) >= 11 is 4.56. The van der Waals surface area contributed by atoms with E-state index in [4.69, 9.17) is 11.3 Å². The van der Waals surface area contributed by atoms with Gasteiger partial charge >= 0.3 is 123 Å². The summed E-state index contributed by atoms with van der Waals surface area (Å²) < 4.78 is 22.8. The summed E-state index contributed by atoms with van der Waals surface area (Å²) in [6, 6.07) is 0. The van der Waals surface area contributed by atoms with Crippen molar-refractivity contribution < 1.29 is 33.3 Å². The third-order valence-corrected chi connectivity index (χ3v) is 8.34. The molecule has 0 aromatic rings. The van der Waals surface area contributed by atoms with Gasteiger partial charge in [0.1, 0.15) is 0 Å². The Bertz CT molecular complexity index is 156. The van der Waals surface area contributed by atoms with E-state index in [1.807, 2.05) is 13.8 Å². The molecule has 0 amide bonds. The van der Waals surface area contributed by atoms with Crippen molar-refractivity contribution in [2.75, 3.05) is 37.9 Å². The van der Waals surface area contributed by atoms with Crippen molar-refractivity contribution in [3.05, 3.63) is 0 Å². The van der Waals surface area contributed by atoms with Gasteiger partial charge in [-0.1, -0.05) is 0 Å². The maximum atomic E-state index is 5.77. The Morgan fingerprint density at radius 3 is 1.47 bits per heavy atom. The van der Waals surface area contributed by atoms with Crippen LogP contribution in [0.25, 0.3) is 0 Å². The Labute approximate surface area is 122 Å². The molecule has 0 radical (unpaired) electrons. The normalized spacial score (nSPS) is 12.0. The van der Waals surface area contributed by atoms with Crippen LogP contribution in [0.1, 0.15) is 26.7 Å². The van der Waals surface area contributed by atoms with E-state index in [1.54, 1.807) is 0 Å². The zero-order chi connectivity index (χ0) is 13.0. The number of rotatable bonds is 12. The molecule has 0 aromatic carbocycles. The Morgan fingerprint density at radius 2 is 1.18 bits per heavy atom. The molecule has 0 fully saturated rings. The van der Waals surface area contributed by atoms with Gasteiger partial charge in [0.15, 0.2) is 0 Å². The van der Waals surface area contributed by atoms with Crippen molar-refractivity contribution in [3.8, 4) is 0 Å². The van der Waals surface area contributed by atoms with Crippen LogP contribution in [0, 0.1) is 0 Å². The topological polar surface area (TPSA) is 36.9 Å². The first kappa shape index (κ1) is 18.4. The quantitative estimate of drug-likeness (QED) is 0.413. The van der Waals surface area contributed by atoms with E-state index in [0.29, 0.717) is 26.4 Å². The Morgan fingerprint density at radius 1 is 0.765 bits per heavy atom. The van der Waals surface area contributed by atoms with Gasteiger partial charge in [0.05, 0.1) is 0 Å². The number of hydrogen-bond acceptors (Lipinski definition) is 6. The van der Waals surface area contributed by atoms with Gasteiger partial charge in [-0.2, -0.15) is 0 Å².